The first-order chi connectivity index (χ1) is 8.26. The number of nitriles is 1. The van der Waals surface area contributed by atoms with Gasteiger partial charge in [-0.05, 0) is 17.2 Å². The van der Waals surface area contributed by atoms with Crippen LogP contribution in [0.2, 0.25) is 0 Å². The van der Waals surface area contributed by atoms with Gasteiger partial charge in [0.15, 0.2) is 0 Å². The number of pyridine rings is 1. The molecule has 0 radical (unpaired) electrons. The van der Waals surface area contributed by atoms with Crippen molar-refractivity contribution in [1.82, 2.24) is 9.88 Å². The smallest absolute Gasteiger partial charge is 0.0635 e. The van der Waals surface area contributed by atoms with Crippen molar-refractivity contribution in [2.24, 2.45) is 5.73 Å². The van der Waals surface area contributed by atoms with E-state index in [0.29, 0.717) is 13.0 Å². The molecule has 0 atom stereocenters. The van der Waals surface area contributed by atoms with E-state index in [-0.39, 0.29) is 0 Å². The monoisotopic (exact) mass is 230 g/mol. The standard InChI is InChI=1S/C13H18N4/c1-12(8-15)10-17(7-3-5-14)11-13-4-2-6-16-9-13/h2,4,6,9H,1,3,7-8,10-11,15H2. The van der Waals surface area contributed by atoms with Crippen molar-refractivity contribution in [2.45, 2.75) is 13.0 Å². The second-order valence-corrected chi connectivity index (χ2v) is 3.93. The summed E-state index contributed by atoms with van der Waals surface area (Å²) < 4.78 is 0. The molecule has 0 amide bonds. The highest BCUT2D eigenvalue weighted by atomic mass is 15.1. The van der Waals surface area contributed by atoms with Crippen molar-refractivity contribution < 1.29 is 0 Å². The van der Waals surface area contributed by atoms with Gasteiger partial charge >= 0.3 is 0 Å². The fourth-order valence-electron chi connectivity index (χ4n) is 1.55. The normalized spacial score (nSPS) is 10.2. The van der Waals surface area contributed by atoms with Crippen LogP contribution in [0, 0.1) is 11.3 Å². The van der Waals surface area contributed by atoms with Gasteiger partial charge in [-0.1, -0.05) is 12.6 Å². The highest BCUT2D eigenvalue weighted by molar-refractivity contribution is 5.09. The lowest BCUT2D eigenvalue weighted by Gasteiger charge is -2.21. The van der Waals surface area contributed by atoms with Crippen LogP contribution >= 0.6 is 0 Å². The molecule has 0 aliphatic carbocycles. The minimum Gasteiger partial charge on any atom is -0.327 e. The molecule has 4 heteroatoms. The Morgan fingerprint density at radius 1 is 1.59 bits per heavy atom. The Labute approximate surface area is 102 Å². The van der Waals surface area contributed by atoms with E-state index in [1.165, 1.54) is 0 Å². The molecule has 0 spiro atoms. The molecule has 1 rings (SSSR count). The van der Waals surface area contributed by atoms with Crippen molar-refractivity contribution in [3.63, 3.8) is 0 Å². The Morgan fingerprint density at radius 3 is 3.00 bits per heavy atom. The third-order valence-corrected chi connectivity index (χ3v) is 2.40. The summed E-state index contributed by atoms with van der Waals surface area (Å²) in [5, 5.41) is 8.64. The summed E-state index contributed by atoms with van der Waals surface area (Å²) in [6.07, 6.45) is 4.10. The third kappa shape index (κ3) is 5.25. The summed E-state index contributed by atoms with van der Waals surface area (Å²) in [5.41, 5.74) is 7.65. The third-order valence-electron chi connectivity index (χ3n) is 2.40. The summed E-state index contributed by atoms with van der Waals surface area (Å²) in [4.78, 5) is 6.24. The Hall–Kier alpha value is -1.70. The van der Waals surface area contributed by atoms with Crippen LogP contribution < -0.4 is 5.73 Å². The lowest BCUT2D eigenvalue weighted by Crippen LogP contribution is -2.28. The number of hydrogen-bond donors (Lipinski definition) is 1. The average Bonchev–Trinajstić information content (AvgIpc) is 2.37. The van der Waals surface area contributed by atoms with Gasteiger partial charge in [0.2, 0.25) is 0 Å². The maximum Gasteiger partial charge on any atom is 0.0635 e. The van der Waals surface area contributed by atoms with Crippen LogP contribution in [-0.4, -0.2) is 29.5 Å². The van der Waals surface area contributed by atoms with Gasteiger partial charge in [0, 0.05) is 45.0 Å². The first-order valence-corrected chi connectivity index (χ1v) is 5.61. The molecule has 2 N–H and O–H groups in total. The molecular weight excluding hydrogens is 212 g/mol. The Morgan fingerprint density at radius 2 is 2.41 bits per heavy atom. The van der Waals surface area contributed by atoms with Crippen molar-refractivity contribution in [3.8, 4) is 6.07 Å². The van der Waals surface area contributed by atoms with Crippen molar-refractivity contribution >= 4 is 0 Å². The highest BCUT2D eigenvalue weighted by Gasteiger charge is 2.06. The summed E-state index contributed by atoms with van der Waals surface area (Å²) in [5.74, 6) is 0. The zero-order valence-electron chi connectivity index (χ0n) is 9.97. The molecule has 17 heavy (non-hydrogen) atoms. The number of aromatic nitrogens is 1. The molecule has 4 nitrogen and oxygen atoms in total. The molecule has 0 unspecified atom stereocenters. The SMILES string of the molecule is C=C(CN)CN(CCC#N)Cc1cccnc1. The maximum atomic E-state index is 8.64. The van der Waals surface area contributed by atoms with Gasteiger partial charge in [-0.2, -0.15) is 5.26 Å². The van der Waals surface area contributed by atoms with E-state index in [1.54, 1.807) is 6.20 Å². The van der Waals surface area contributed by atoms with Crippen molar-refractivity contribution in [1.29, 1.82) is 5.26 Å². The van der Waals surface area contributed by atoms with Crippen molar-refractivity contribution in [3.05, 3.63) is 42.2 Å². The van der Waals surface area contributed by atoms with E-state index in [0.717, 1.165) is 30.8 Å². The quantitative estimate of drug-likeness (QED) is 0.717. The molecule has 0 aromatic carbocycles. The largest absolute Gasteiger partial charge is 0.327 e. The maximum absolute atomic E-state index is 8.64. The van der Waals surface area contributed by atoms with Crippen LogP contribution in [0.1, 0.15) is 12.0 Å². The Balaban J connectivity index is 2.57. The average molecular weight is 230 g/mol. The fraction of sp³-hybridized carbons (Fsp3) is 0.385. The number of nitrogens with two attached hydrogens (primary N) is 1. The second kappa shape index (κ2) is 7.55. The van der Waals surface area contributed by atoms with Gasteiger partial charge < -0.3 is 5.73 Å². The van der Waals surface area contributed by atoms with Gasteiger partial charge in [0.1, 0.15) is 0 Å². The molecule has 0 fully saturated rings. The Bertz CT molecular complexity index is 380. The van der Waals surface area contributed by atoms with Crippen LogP contribution in [0.3, 0.4) is 0 Å². The molecule has 1 aromatic rings. The lowest BCUT2D eigenvalue weighted by atomic mass is 10.2. The molecular formula is C13H18N4. The molecule has 0 saturated carbocycles. The van der Waals surface area contributed by atoms with Crippen molar-refractivity contribution in [2.75, 3.05) is 19.6 Å². The topological polar surface area (TPSA) is 65.9 Å². The molecule has 1 aromatic heterocycles. The lowest BCUT2D eigenvalue weighted by molar-refractivity contribution is 0.294. The van der Waals surface area contributed by atoms with Crippen LogP contribution in [-0.2, 0) is 6.54 Å². The number of nitrogens with zero attached hydrogens (tertiary/aromatic N) is 3. The van der Waals surface area contributed by atoms with Gasteiger partial charge in [0.25, 0.3) is 0 Å². The van der Waals surface area contributed by atoms with E-state index >= 15 is 0 Å². The summed E-state index contributed by atoms with van der Waals surface area (Å²) in [6, 6.07) is 6.09. The predicted molar refractivity (Wildman–Crippen MR) is 67.9 cm³/mol. The molecule has 1 heterocycles. The van der Waals surface area contributed by atoms with E-state index in [4.69, 9.17) is 11.0 Å². The molecule has 0 saturated heterocycles. The van der Waals surface area contributed by atoms with Crippen LogP contribution in [0.4, 0.5) is 0 Å². The Kier molecular flexibility index (Phi) is 5.94. The second-order valence-electron chi connectivity index (χ2n) is 3.93. The minimum atomic E-state index is 0.482. The van der Waals surface area contributed by atoms with Gasteiger partial charge in [-0.25, -0.2) is 0 Å². The van der Waals surface area contributed by atoms with Crippen LogP contribution in [0.15, 0.2) is 36.7 Å². The molecule has 0 aliphatic rings. The summed E-state index contributed by atoms with van der Waals surface area (Å²) in [7, 11) is 0. The van der Waals surface area contributed by atoms with E-state index < -0.39 is 0 Å². The van der Waals surface area contributed by atoms with Crippen LogP contribution in [0.25, 0.3) is 0 Å². The molecule has 90 valence electrons. The fourth-order valence-corrected chi connectivity index (χ4v) is 1.55. The zero-order chi connectivity index (χ0) is 12.5. The zero-order valence-corrected chi connectivity index (χ0v) is 9.97. The first-order valence-electron chi connectivity index (χ1n) is 5.61. The molecule has 0 aliphatic heterocycles. The summed E-state index contributed by atoms with van der Waals surface area (Å²) >= 11 is 0. The van der Waals surface area contributed by atoms with E-state index in [2.05, 4.69) is 22.5 Å². The van der Waals surface area contributed by atoms with Crippen LogP contribution in [0.5, 0.6) is 0 Å². The van der Waals surface area contributed by atoms with Gasteiger partial charge in [-0.15, -0.1) is 0 Å². The summed E-state index contributed by atoms with van der Waals surface area (Å²) in [6.45, 7) is 6.61. The van der Waals surface area contributed by atoms with E-state index in [1.807, 2.05) is 18.3 Å². The first kappa shape index (κ1) is 13.4. The number of hydrogen-bond acceptors (Lipinski definition) is 4. The minimum absolute atomic E-state index is 0.482. The highest BCUT2D eigenvalue weighted by Crippen LogP contribution is 2.05. The number of rotatable bonds is 7. The van der Waals surface area contributed by atoms with Gasteiger partial charge in [-0.3, -0.25) is 9.88 Å². The predicted octanol–water partition coefficient (Wildman–Crippen LogP) is 1.31. The van der Waals surface area contributed by atoms with E-state index in [9.17, 15) is 0 Å². The van der Waals surface area contributed by atoms with Gasteiger partial charge in [0.05, 0.1) is 6.07 Å². The molecule has 0 bridgehead atoms.